The fourth-order valence-corrected chi connectivity index (χ4v) is 3.73. The zero-order valence-electron chi connectivity index (χ0n) is 14.2. The van der Waals surface area contributed by atoms with E-state index in [0.29, 0.717) is 5.58 Å². The molecule has 4 heteroatoms. The molecule has 0 radical (unpaired) electrons. The highest BCUT2D eigenvalue weighted by atomic mass is 16.4. The zero-order valence-corrected chi connectivity index (χ0v) is 14.2. The number of hydrogen-bond acceptors (Lipinski definition) is 3. The second-order valence-electron chi connectivity index (χ2n) is 6.68. The van der Waals surface area contributed by atoms with Gasteiger partial charge in [-0.15, -0.1) is 0 Å². The van der Waals surface area contributed by atoms with Crippen molar-refractivity contribution in [2.75, 3.05) is 13.1 Å². The van der Waals surface area contributed by atoms with Crippen molar-refractivity contribution in [1.29, 1.82) is 0 Å². The molecule has 0 spiro atoms. The number of oxazole rings is 1. The molecule has 0 bridgehead atoms. The van der Waals surface area contributed by atoms with E-state index in [9.17, 15) is 4.79 Å². The molecule has 0 unspecified atom stereocenters. The minimum Gasteiger partial charge on any atom is -0.408 e. The van der Waals surface area contributed by atoms with Crippen LogP contribution in [0.2, 0.25) is 0 Å². The van der Waals surface area contributed by atoms with Crippen LogP contribution in [0.4, 0.5) is 0 Å². The second kappa shape index (κ2) is 6.73. The van der Waals surface area contributed by atoms with Crippen LogP contribution < -0.4 is 5.76 Å². The summed E-state index contributed by atoms with van der Waals surface area (Å²) in [5, 5.41) is 0. The first-order valence-electron chi connectivity index (χ1n) is 8.78. The topological polar surface area (TPSA) is 38.4 Å². The van der Waals surface area contributed by atoms with Gasteiger partial charge in [0.25, 0.3) is 0 Å². The van der Waals surface area contributed by atoms with Crippen molar-refractivity contribution in [2.45, 2.75) is 25.4 Å². The first-order chi connectivity index (χ1) is 12.2. The summed E-state index contributed by atoms with van der Waals surface area (Å²) < 4.78 is 7.25. The van der Waals surface area contributed by atoms with Crippen molar-refractivity contribution in [3.63, 3.8) is 0 Å². The molecule has 25 heavy (non-hydrogen) atoms. The SMILES string of the molecule is C=Cc1ccc(CN2CCC[C@@H](n3c(=O)oc4ccccc43)C2)cc1. The number of para-hydroxylation sites is 2. The van der Waals surface area contributed by atoms with Crippen LogP contribution in [0, 0.1) is 0 Å². The van der Waals surface area contributed by atoms with Gasteiger partial charge in [-0.3, -0.25) is 9.47 Å². The number of fused-ring (bicyclic) bond motifs is 1. The molecule has 2 heterocycles. The van der Waals surface area contributed by atoms with E-state index < -0.39 is 0 Å². The molecule has 1 aliphatic heterocycles. The number of hydrogen-bond donors (Lipinski definition) is 0. The average Bonchev–Trinajstić information content (AvgIpc) is 2.98. The van der Waals surface area contributed by atoms with E-state index in [1.54, 1.807) is 0 Å². The van der Waals surface area contributed by atoms with Gasteiger partial charge in [0.05, 0.1) is 11.6 Å². The summed E-state index contributed by atoms with van der Waals surface area (Å²) in [6.07, 6.45) is 3.95. The molecule has 128 valence electrons. The maximum absolute atomic E-state index is 12.3. The molecular weight excluding hydrogens is 312 g/mol. The van der Waals surface area contributed by atoms with Crippen LogP contribution in [0.5, 0.6) is 0 Å². The molecule has 4 nitrogen and oxygen atoms in total. The third-order valence-electron chi connectivity index (χ3n) is 4.99. The van der Waals surface area contributed by atoms with Gasteiger partial charge in [0.2, 0.25) is 0 Å². The van der Waals surface area contributed by atoms with E-state index in [-0.39, 0.29) is 11.8 Å². The van der Waals surface area contributed by atoms with Crippen molar-refractivity contribution >= 4 is 17.2 Å². The highest BCUT2D eigenvalue weighted by molar-refractivity contribution is 5.72. The summed E-state index contributed by atoms with van der Waals surface area (Å²) in [7, 11) is 0. The third kappa shape index (κ3) is 3.17. The minimum absolute atomic E-state index is 0.164. The number of piperidine rings is 1. The lowest BCUT2D eigenvalue weighted by atomic mass is 10.0. The number of aromatic nitrogens is 1. The van der Waals surface area contributed by atoms with Crippen molar-refractivity contribution in [2.24, 2.45) is 0 Å². The van der Waals surface area contributed by atoms with Gasteiger partial charge in [0, 0.05) is 13.1 Å². The Morgan fingerprint density at radius 2 is 1.96 bits per heavy atom. The molecule has 1 atom stereocenters. The highest BCUT2D eigenvalue weighted by Gasteiger charge is 2.25. The van der Waals surface area contributed by atoms with E-state index in [1.807, 2.05) is 34.9 Å². The van der Waals surface area contributed by atoms with Crippen molar-refractivity contribution in [3.05, 3.63) is 76.8 Å². The van der Waals surface area contributed by atoms with Crippen molar-refractivity contribution in [1.82, 2.24) is 9.47 Å². The lowest BCUT2D eigenvalue weighted by molar-refractivity contribution is 0.168. The third-order valence-corrected chi connectivity index (χ3v) is 4.99. The van der Waals surface area contributed by atoms with Crippen molar-refractivity contribution < 1.29 is 4.42 Å². The van der Waals surface area contributed by atoms with Crippen LogP contribution in [-0.4, -0.2) is 22.6 Å². The normalized spacial score (nSPS) is 18.5. The Hall–Kier alpha value is -2.59. The fourth-order valence-electron chi connectivity index (χ4n) is 3.73. The van der Waals surface area contributed by atoms with Gasteiger partial charge >= 0.3 is 5.76 Å². The van der Waals surface area contributed by atoms with E-state index in [1.165, 1.54) is 5.56 Å². The predicted molar refractivity (Wildman–Crippen MR) is 101 cm³/mol. The number of likely N-dealkylation sites (tertiary alicyclic amines) is 1. The second-order valence-corrected chi connectivity index (χ2v) is 6.68. The zero-order chi connectivity index (χ0) is 17.2. The van der Waals surface area contributed by atoms with Crippen LogP contribution in [0.15, 0.2) is 64.3 Å². The van der Waals surface area contributed by atoms with Gasteiger partial charge < -0.3 is 4.42 Å². The summed E-state index contributed by atoms with van der Waals surface area (Å²) in [5.74, 6) is -0.247. The number of nitrogens with zero attached hydrogens (tertiary/aromatic N) is 2. The maximum atomic E-state index is 12.3. The van der Waals surface area contributed by atoms with Gasteiger partial charge in [0.1, 0.15) is 0 Å². The molecule has 3 aromatic rings. The largest absolute Gasteiger partial charge is 0.420 e. The molecule has 1 fully saturated rings. The Bertz CT molecular complexity index is 936. The molecule has 1 saturated heterocycles. The summed E-state index contributed by atoms with van der Waals surface area (Å²) >= 11 is 0. The smallest absolute Gasteiger partial charge is 0.408 e. The molecule has 0 N–H and O–H groups in total. The molecule has 2 aromatic carbocycles. The highest BCUT2D eigenvalue weighted by Crippen LogP contribution is 2.25. The monoisotopic (exact) mass is 334 g/mol. The van der Waals surface area contributed by atoms with E-state index in [0.717, 1.165) is 43.6 Å². The van der Waals surface area contributed by atoms with E-state index >= 15 is 0 Å². The molecule has 0 aliphatic carbocycles. The van der Waals surface area contributed by atoms with Gasteiger partial charge in [-0.05, 0) is 42.6 Å². The quantitative estimate of drug-likeness (QED) is 0.722. The van der Waals surface area contributed by atoms with Crippen LogP contribution >= 0.6 is 0 Å². The van der Waals surface area contributed by atoms with Crippen LogP contribution in [0.1, 0.15) is 30.0 Å². The molecule has 1 aromatic heterocycles. The van der Waals surface area contributed by atoms with Crippen molar-refractivity contribution in [3.8, 4) is 0 Å². The standard InChI is InChI=1S/C21H22N2O2/c1-2-16-9-11-17(12-10-16)14-22-13-5-6-18(15-22)23-19-7-3-4-8-20(19)25-21(23)24/h2-4,7-12,18H,1,5-6,13-15H2/t18-/m1/s1. The maximum Gasteiger partial charge on any atom is 0.420 e. The van der Waals surface area contributed by atoms with Gasteiger partial charge in [-0.2, -0.15) is 0 Å². The van der Waals surface area contributed by atoms with Crippen LogP contribution in [0.25, 0.3) is 17.2 Å². The minimum atomic E-state index is -0.247. The summed E-state index contributed by atoms with van der Waals surface area (Å²) in [6.45, 7) is 6.62. The van der Waals surface area contributed by atoms with Crippen LogP contribution in [-0.2, 0) is 6.54 Å². The molecule has 4 rings (SSSR count). The molecule has 0 saturated carbocycles. The Labute approximate surface area is 147 Å². The van der Waals surface area contributed by atoms with Gasteiger partial charge in [-0.25, -0.2) is 4.79 Å². The fraction of sp³-hybridized carbons (Fsp3) is 0.286. The Kier molecular flexibility index (Phi) is 4.28. The first kappa shape index (κ1) is 15.9. The lowest BCUT2D eigenvalue weighted by Crippen LogP contribution is -2.38. The Morgan fingerprint density at radius 3 is 2.76 bits per heavy atom. The average molecular weight is 334 g/mol. The molecule has 0 amide bonds. The molecule has 1 aliphatic rings. The summed E-state index contributed by atoms with van der Waals surface area (Å²) in [4.78, 5) is 14.8. The van der Waals surface area contributed by atoms with Crippen LogP contribution in [0.3, 0.4) is 0 Å². The van der Waals surface area contributed by atoms with E-state index in [2.05, 4.69) is 35.7 Å². The Balaban J connectivity index is 1.55. The predicted octanol–water partition coefficient (Wildman–Crippen LogP) is 4.07. The lowest BCUT2D eigenvalue weighted by Gasteiger charge is -2.33. The Morgan fingerprint density at radius 1 is 1.16 bits per heavy atom. The van der Waals surface area contributed by atoms with Gasteiger partial charge in [0.15, 0.2) is 5.58 Å². The molecular formula is C21H22N2O2. The number of benzene rings is 2. The van der Waals surface area contributed by atoms with E-state index in [4.69, 9.17) is 4.42 Å². The number of rotatable bonds is 4. The summed E-state index contributed by atoms with van der Waals surface area (Å²) in [5.41, 5.74) is 3.99. The summed E-state index contributed by atoms with van der Waals surface area (Å²) in [6, 6.07) is 16.3. The first-order valence-corrected chi connectivity index (χ1v) is 8.78. The van der Waals surface area contributed by atoms with Gasteiger partial charge in [-0.1, -0.05) is 49.1 Å².